The number of hydrogen-bond acceptors (Lipinski definition) is 4. The minimum Gasteiger partial charge on any atom is -0.384 e. The predicted octanol–water partition coefficient (Wildman–Crippen LogP) is 2.09. The summed E-state index contributed by atoms with van der Waals surface area (Å²) in [6.45, 7) is 9.34. The molecule has 1 aromatic heterocycles. The minimum atomic E-state index is 0.635. The van der Waals surface area contributed by atoms with Crippen LogP contribution in [0.4, 0.5) is 5.82 Å². The summed E-state index contributed by atoms with van der Waals surface area (Å²) in [5.74, 6) is 1.92. The van der Waals surface area contributed by atoms with Crippen LogP contribution in [0, 0.1) is 12.8 Å². The van der Waals surface area contributed by atoms with Crippen molar-refractivity contribution in [3.8, 4) is 0 Å². The van der Waals surface area contributed by atoms with Gasteiger partial charge in [-0.1, -0.05) is 6.92 Å². The highest BCUT2D eigenvalue weighted by Crippen LogP contribution is 2.28. The molecule has 0 aromatic carbocycles. The summed E-state index contributed by atoms with van der Waals surface area (Å²) in [6, 6.07) is 0. The first-order valence-electron chi connectivity index (χ1n) is 8.14. The number of hydrogen-bond donors (Lipinski definition) is 1. The van der Waals surface area contributed by atoms with Crippen LogP contribution in [0.2, 0.25) is 0 Å². The van der Waals surface area contributed by atoms with Gasteiger partial charge in [0.05, 0.1) is 12.3 Å². The van der Waals surface area contributed by atoms with Crippen LogP contribution in [0.25, 0.3) is 0 Å². The molecular formula is C16H30N4O. The Morgan fingerprint density at radius 2 is 2.24 bits per heavy atom. The standard InChI is InChI=1S/C16H30N4O/c1-5-8-17-10-15-13(2)18-19(3)16(15)20-9-6-7-14(11-20)12-21-4/h14,17H,5-12H2,1-4H3. The maximum absolute atomic E-state index is 5.35. The van der Waals surface area contributed by atoms with Gasteiger partial charge in [-0.25, -0.2) is 0 Å². The van der Waals surface area contributed by atoms with Gasteiger partial charge in [0.15, 0.2) is 0 Å². The normalized spacial score (nSPS) is 19.2. The highest BCUT2D eigenvalue weighted by molar-refractivity contribution is 5.50. The molecule has 0 amide bonds. The lowest BCUT2D eigenvalue weighted by Gasteiger charge is -2.34. The molecule has 5 heteroatoms. The number of aryl methyl sites for hydroxylation is 2. The van der Waals surface area contributed by atoms with Crippen molar-refractivity contribution in [3.63, 3.8) is 0 Å². The minimum absolute atomic E-state index is 0.635. The highest BCUT2D eigenvalue weighted by Gasteiger charge is 2.25. The average Bonchev–Trinajstić information content (AvgIpc) is 2.74. The number of piperidine rings is 1. The molecule has 0 radical (unpaired) electrons. The smallest absolute Gasteiger partial charge is 0.131 e. The van der Waals surface area contributed by atoms with E-state index in [9.17, 15) is 0 Å². The SMILES string of the molecule is CCCNCc1c(C)nn(C)c1N1CCCC(COC)C1. The number of methoxy groups -OCH3 is 1. The number of nitrogens with zero attached hydrogens (tertiary/aromatic N) is 3. The Hall–Kier alpha value is -1.07. The van der Waals surface area contributed by atoms with Crippen molar-refractivity contribution >= 4 is 5.82 Å². The summed E-state index contributed by atoms with van der Waals surface area (Å²) in [7, 11) is 3.86. The Kier molecular flexibility index (Phi) is 6.06. The molecule has 1 aromatic rings. The predicted molar refractivity (Wildman–Crippen MR) is 86.8 cm³/mol. The van der Waals surface area contributed by atoms with E-state index >= 15 is 0 Å². The van der Waals surface area contributed by atoms with E-state index in [1.54, 1.807) is 7.11 Å². The van der Waals surface area contributed by atoms with Gasteiger partial charge >= 0.3 is 0 Å². The van der Waals surface area contributed by atoms with Gasteiger partial charge in [0, 0.05) is 39.4 Å². The van der Waals surface area contributed by atoms with E-state index in [2.05, 4.69) is 36.2 Å². The number of aromatic nitrogens is 2. The first-order valence-corrected chi connectivity index (χ1v) is 8.14. The van der Waals surface area contributed by atoms with Crippen molar-refractivity contribution in [2.24, 2.45) is 13.0 Å². The average molecular weight is 294 g/mol. The van der Waals surface area contributed by atoms with Gasteiger partial charge in [-0.2, -0.15) is 5.10 Å². The summed E-state index contributed by atoms with van der Waals surface area (Å²) >= 11 is 0. The second-order valence-electron chi connectivity index (χ2n) is 6.10. The summed E-state index contributed by atoms with van der Waals surface area (Å²) in [6.07, 6.45) is 3.67. The molecule has 1 atom stereocenters. The van der Waals surface area contributed by atoms with Crippen LogP contribution >= 0.6 is 0 Å². The molecule has 120 valence electrons. The molecule has 1 aliphatic rings. The first-order chi connectivity index (χ1) is 10.2. The molecule has 1 fully saturated rings. The molecule has 0 aliphatic carbocycles. The fourth-order valence-corrected chi connectivity index (χ4v) is 3.31. The van der Waals surface area contributed by atoms with Gasteiger partial charge < -0.3 is 15.0 Å². The first kappa shape index (κ1) is 16.3. The van der Waals surface area contributed by atoms with Crippen LogP contribution in [0.1, 0.15) is 37.4 Å². The number of ether oxygens (including phenoxy) is 1. The second kappa shape index (κ2) is 7.80. The van der Waals surface area contributed by atoms with Crippen LogP contribution in [-0.4, -0.2) is 43.1 Å². The largest absolute Gasteiger partial charge is 0.384 e. The number of anilines is 1. The second-order valence-corrected chi connectivity index (χ2v) is 6.10. The fraction of sp³-hybridized carbons (Fsp3) is 0.812. The Bertz CT molecular complexity index is 442. The Morgan fingerprint density at radius 1 is 1.43 bits per heavy atom. The lowest BCUT2D eigenvalue weighted by molar-refractivity contribution is 0.143. The fourth-order valence-electron chi connectivity index (χ4n) is 3.31. The molecule has 2 rings (SSSR count). The van der Waals surface area contributed by atoms with Crippen molar-refractivity contribution in [2.45, 2.75) is 39.7 Å². The monoisotopic (exact) mass is 294 g/mol. The molecule has 1 aliphatic heterocycles. The molecule has 2 heterocycles. The van der Waals surface area contributed by atoms with Crippen LogP contribution in [0.3, 0.4) is 0 Å². The maximum atomic E-state index is 5.35. The van der Waals surface area contributed by atoms with E-state index in [0.717, 1.165) is 44.9 Å². The molecule has 0 spiro atoms. The molecule has 1 saturated heterocycles. The third-order valence-corrected chi connectivity index (χ3v) is 4.26. The Morgan fingerprint density at radius 3 is 2.95 bits per heavy atom. The zero-order valence-corrected chi connectivity index (χ0v) is 14.0. The summed E-state index contributed by atoms with van der Waals surface area (Å²) in [5.41, 5.74) is 2.49. The zero-order valence-electron chi connectivity index (χ0n) is 14.0. The third-order valence-electron chi connectivity index (χ3n) is 4.26. The molecule has 0 bridgehead atoms. The van der Waals surface area contributed by atoms with Crippen LogP contribution in [0.5, 0.6) is 0 Å². The van der Waals surface area contributed by atoms with E-state index in [0.29, 0.717) is 5.92 Å². The third kappa shape index (κ3) is 3.98. The van der Waals surface area contributed by atoms with Gasteiger partial charge in [0.1, 0.15) is 5.82 Å². The van der Waals surface area contributed by atoms with Crippen molar-refractivity contribution in [3.05, 3.63) is 11.3 Å². The van der Waals surface area contributed by atoms with E-state index < -0.39 is 0 Å². The molecule has 5 nitrogen and oxygen atoms in total. The van der Waals surface area contributed by atoms with Gasteiger partial charge in [0.25, 0.3) is 0 Å². The van der Waals surface area contributed by atoms with Crippen molar-refractivity contribution < 1.29 is 4.74 Å². The molecule has 21 heavy (non-hydrogen) atoms. The number of nitrogens with one attached hydrogen (secondary N) is 1. The topological polar surface area (TPSA) is 42.3 Å². The molecular weight excluding hydrogens is 264 g/mol. The molecule has 1 unspecified atom stereocenters. The molecule has 0 saturated carbocycles. The number of rotatable bonds is 7. The van der Waals surface area contributed by atoms with Crippen LogP contribution in [0.15, 0.2) is 0 Å². The maximum Gasteiger partial charge on any atom is 0.131 e. The highest BCUT2D eigenvalue weighted by atomic mass is 16.5. The van der Waals surface area contributed by atoms with E-state index in [1.807, 2.05) is 4.68 Å². The van der Waals surface area contributed by atoms with Gasteiger partial charge in [-0.05, 0) is 38.6 Å². The quantitative estimate of drug-likeness (QED) is 0.782. The Labute approximate surface area is 128 Å². The lowest BCUT2D eigenvalue weighted by Crippen LogP contribution is -2.38. The van der Waals surface area contributed by atoms with E-state index in [4.69, 9.17) is 4.74 Å². The van der Waals surface area contributed by atoms with Gasteiger partial charge in [-0.15, -0.1) is 0 Å². The van der Waals surface area contributed by atoms with Crippen LogP contribution in [-0.2, 0) is 18.3 Å². The van der Waals surface area contributed by atoms with E-state index in [1.165, 1.54) is 24.2 Å². The van der Waals surface area contributed by atoms with Crippen molar-refractivity contribution in [1.29, 1.82) is 0 Å². The van der Waals surface area contributed by atoms with Gasteiger partial charge in [0.2, 0.25) is 0 Å². The van der Waals surface area contributed by atoms with Crippen molar-refractivity contribution in [2.75, 3.05) is 38.3 Å². The summed E-state index contributed by atoms with van der Waals surface area (Å²) in [4.78, 5) is 2.50. The van der Waals surface area contributed by atoms with E-state index in [-0.39, 0.29) is 0 Å². The van der Waals surface area contributed by atoms with Gasteiger partial charge in [-0.3, -0.25) is 4.68 Å². The zero-order chi connectivity index (χ0) is 15.2. The molecule has 1 N–H and O–H groups in total. The Balaban J connectivity index is 2.13. The van der Waals surface area contributed by atoms with Crippen LogP contribution < -0.4 is 10.2 Å². The van der Waals surface area contributed by atoms with Crippen molar-refractivity contribution in [1.82, 2.24) is 15.1 Å². The summed E-state index contributed by atoms with van der Waals surface area (Å²) < 4.78 is 7.40. The lowest BCUT2D eigenvalue weighted by atomic mass is 9.98. The summed E-state index contributed by atoms with van der Waals surface area (Å²) in [5, 5.41) is 8.16.